The van der Waals surface area contributed by atoms with Gasteiger partial charge in [0.25, 0.3) is 0 Å². The molecule has 0 amide bonds. The van der Waals surface area contributed by atoms with Crippen LogP contribution in [0.4, 0.5) is 0 Å². The van der Waals surface area contributed by atoms with Crippen LogP contribution in [0.5, 0.6) is 0 Å². The largest absolute Gasteiger partial charge is 0.373 e. The summed E-state index contributed by atoms with van der Waals surface area (Å²) < 4.78 is 6.97. The van der Waals surface area contributed by atoms with Crippen molar-refractivity contribution in [3.05, 3.63) is 6.61 Å². The van der Waals surface area contributed by atoms with E-state index in [9.17, 15) is 0 Å². The second-order valence-electron chi connectivity index (χ2n) is 1.41. The second-order valence-corrected chi connectivity index (χ2v) is 2.41. The van der Waals surface area contributed by atoms with Crippen LogP contribution in [-0.4, -0.2) is 23.6 Å². The molecule has 0 aromatic heterocycles. The molecular formula is C4H7BrNO. The first-order chi connectivity index (χ1) is 3.39. The molecule has 1 saturated heterocycles. The molecule has 0 unspecified atom stereocenters. The number of halogens is 1. The lowest BCUT2D eigenvalue weighted by Crippen LogP contribution is -2.25. The average molecular weight is 165 g/mol. The second kappa shape index (κ2) is 2.64. The van der Waals surface area contributed by atoms with Gasteiger partial charge < -0.3 is 4.74 Å². The normalized spacial score (nSPS) is 25.3. The van der Waals surface area contributed by atoms with Gasteiger partial charge in [-0.1, -0.05) is 0 Å². The van der Waals surface area contributed by atoms with E-state index in [1.807, 2.05) is 3.93 Å². The molecule has 2 nitrogen and oxygen atoms in total. The van der Waals surface area contributed by atoms with E-state index in [0.717, 1.165) is 19.7 Å². The van der Waals surface area contributed by atoms with Gasteiger partial charge in [0.1, 0.15) is 0 Å². The van der Waals surface area contributed by atoms with Crippen molar-refractivity contribution in [3.8, 4) is 0 Å². The van der Waals surface area contributed by atoms with Crippen LogP contribution in [0.1, 0.15) is 0 Å². The zero-order valence-corrected chi connectivity index (χ0v) is 5.52. The van der Waals surface area contributed by atoms with Gasteiger partial charge >= 0.3 is 0 Å². The topological polar surface area (TPSA) is 12.5 Å². The van der Waals surface area contributed by atoms with Gasteiger partial charge in [0, 0.05) is 29.2 Å². The maximum Gasteiger partial charge on any atom is 0.0985 e. The van der Waals surface area contributed by atoms with Gasteiger partial charge in [-0.15, -0.1) is 0 Å². The van der Waals surface area contributed by atoms with Crippen molar-refractivity contribution in [3.63, 3.8) is 0 Å². The average Bonchev–Trinajstić information content (AvgIpc) is 1.69. The molecule has 0 aromatic carbocycles. The van der Waals surface area contributed by atoms with Crippen molar-refractivity contribution in [1.29, 1.82) is 0 Å². The number of hydrogen-bond donors (Lipinski definition) is 0. The molecule has 1 fully saturated rings. The maximum atomic E-state index is 4.94. The van der Waals surface area contributed by atoms with E-state index in [-0.39, 0.29) is 0 Å². The summed E-state index contributed by atoms with van der Waals surface area (Å²) in [5.41, 5.74) is 0. The number of hydrogen-bond acceptors (Lipinski definition) is 2. The number of ether oxygens (including phenoxy) is 1. The molecule has 7 heavy (non-hydrogen) atoms. The minimum absolute atomic E-state index is 0.811. The SMILES string of the molecule is BrN1C[CH]OCC1. The van der Waals surface area contributed by atoms with Crippen molar-refractivity contribution >= 4 is 16.1 Å². The van der Waals surface area contributed by atoms with Crippen molar-refractivity contribution in [2.75, 3.05) is 19.7 Å². The highest BCUT2D eigenvalue weighted by molar-refractivity contribution is 9.07. The van der Waals surface area contributed by atoms with E-state index >= 15 is 0 Å². The predicted octanol–water partition coefficient (Wildman–Crippen LogP) is 0.790. The van der Waals surface area contributed by atoms with Crippen molar-refractivity contribution in [2.24, 2.45) is 0 Å². The first-order valence-electron chi connectivity index (χ1n) is 2.23. The summed E-state index contributed by atoms with van der Waals surface area (Å²) in [7, 11) is 0. The third-order valence-corrected chi connectivity index (χ3v) is 1.49. The van der Waals surface area contributed by atoms with E-state index in [0.29, 0.717) is 0 Å². The van der Waals surface area contributed by atoms with E-state index in [4.69, 9.17) is 4.74 Å². The lowest BCUT2D eigenvalue weighted by atomic mass is 10.5. The van der Waals surface area contributed by atoms with Crippen LogP contribution in [0.2, 0.25) is 0 Å². The Balaban J connectivity index is 2.12. The fraction of sp³-hybridized carbons (Fsp3) is 0.750. The van der Waals surface area contributed by atoms with Crippen LogP contribution >= 0.6 is 16.1 Å². The van der Waals surface area contributed by atoms with Crippen LogP contribution in [0.25, 0.3) is 0 Å². The predicted molar refractivity (Wildman–Crippen MR) is 30.8 cm³/mol. The minimum atomic E-state index is 0.811. The van der Waals surface area contributed by atoms with Gasteiger partial charge in [0.2, 0.25) is 0 Å². The summed E-state index contributed by atoms with van der Waals surface area (Å²) in [6.07, 6.45) is 0. The Morgan fingerprint density at radius 1 is 1.71 bits per heavy atom. The lowest BCUT2D eigenvalue weighted by Gasteiger charge is -2.18. The molecule has 0 aromatic rings. The Hall–Kier alpha value is 0.400. The highest BCUT2D eigenvalue weighted by Crippen LogP contribution is 2.03. The van der Waals surface area contributed by atoms with Crippen LogP contribution < -0.4 is 0 Å². The molecule has 0 aliphatic carbocycles. The third kappa shape index (κ3) is 1.76. The molecule has 0 atom stereocenters. The molecule has 1 aliphatic rings. The quantitative estimate of drug-likeness (QED) is 0.492. The smallest absolute Gasteiger partial charge is 0.0985 e. The van der Waals surface area contributed by atoms with Crippen LogP contribution in [0.3, 0.4) is 0 Å². The molecule has 3 heteroatoms. The van der Waals surface area contributed by atoms with Crippen molar-refractivity contribution < 1.29 is 4.74 Å². The lowest BCUT2D eigenvalue weighted by molar-refractivity contribution is 0.135. The maximum absolute atomic E-state index is 4.94. The standard InChI is InChI=1S/C4H7BrNO/c5-6-1-3-7-4-2-6/h3H,1-2,4H2. The molecule has 1 heterocycles. The summed E-state index contributed by atoms with van der Waals surface area (Å²) in [6, 6.07) is 0. The zero-order valence-electron chi connectivity index (χ0n) is 3.93. The molecule has 0 N–H and O–H groups in total. The highest BCUT2D eigenvalue weighted by atomic mass is 79.9. The van der Waals surface area contributed by atoms with E-state index in [1.54, 1.807) is 6.61 Å². The molecular weight excluding hydrogens is 158 g/mol. The Morgan fingerprint density at radius 2 is 2.57 bits per heavy atom. The van der Waals surface area contributed by atoms with Crippen molar-refractivity contribution in [1.82, 2.24) is 3.93 Å². The summed E-state index contributed by atoms with van der Waals surface area (Å²) in [5.74, 6) is 0. The van der Waals surface area contributed by atoms with Crippen LogP contribution in [0, 0.1) is 6.61 Å². The summed E-state index contributed by atoms with van der Waals surface area (Å²) in [4.78, 5) is 0. The van der Waals surface area contributed by atoms with Gasteiger partial charge in [0.05, 0.1) is 13.2 Å². The molecule has 1 rings (SSSR count). The Labute approximate surface area is 51.8 Å². The Morgan fingerprint density at radius 3 is 2.86 bits per heavy atom. The van der Waals surface area contributed by atoms with E-state index < -0.39 is 0 Å². The Kier molecular flexibility index (Phi) is 2.09. The van der Waals surface area contributed by atoms with Gasteiger partial charge in [-0.3, -0.25) is 0 Å². The summed E-state index contributed by atoms with van der Waals surface area (Å²) in [5, 5.41) is 0. The Bertz CT molecular complexity index is 53.7. The third-order valence-electron chi connectivity index (χ3n) is 0.842. The van der Waals surface area contributed by atoms with Gasteiger partial charge in [-0.05, 0) is 0 Å². The number of rotatable bonds is 0. The highest BCUT2D eigenvalue weighted by Gasteiger charge is 2.04. The minimum Gasteiger partial charge on any atom is -0.373 e. The number of morpholine rings is 1. The first-order valence-corrected chi connectivity index (χ1v) is 2.94. The first kappa shape index (κ1) is 5.54. The molecule has 41 valence electrons. The fourth-order valence-electron chi connectivity index (χ4n) is 0.460. The van der Waals surface area contributed by atoms with E-state index in [2.05, 4.69) is 16.1 Å². The van der Waals surface area contributed by atoms with Gasteiger partial charge in [-0.2, -0.15) is 0 Å². The van der Waals surface area contributed by atoms with Crippen LogP contribution in [-0.2, 0) is 4.74 Å². The molecule has 1 radical (unpaired) electrons. The van der Waals surface area contributed by atoms with Gasteiger partial charge in [-0.25, -0.2) is 3.93 Å². The number of nitrogens with zero attached hydrogens (tertiary/aromatic N) is 1. The molecule has 1 aliphatic heterocycles. The molecule has 0 bridgehead atoms. The summed E-state index contributed by atoms with van der Waals surface area (Å²) in [6.45, 7) is 4.47. The fourth-order valence-corrected chi connectivity index (χ4v) is 0.723. The van der Waals surface area contributed by atoms with Crippen molar-refractivity contribution in [2.45, 2.75) is 0 Å². The zero-order chi connectivity index (χ0) is 5.11. The van der Waals surface area contributed by atoms with E-state index in [1.165, 1.54) is 0 Å². The summed E-state index contributed by atoms with van der Waals surface area (Å²) >= 11 is 3.31. The monoisotopic (exact) mass is 164 g/mol. The molecule has 0 spiro atoms. The van der Waals surface area contributed by atoms with Gasteiger partial charge in [0.15, 0.2) is 0 Å². The molecule has 0 saturated carbocycles. The van der Waals surface area contributed by atoms with Crippen LogP contribution in [0.15, 0.2) is 0 Å².